The molecule has 9 heteroatoms. The molecular formula is C20H15Cl2N3O3S. The van der Waals surface area contributed by atoms with Gasteiger partial charge in [-0.25, -0.2) is 4.98 Å². The number of hydrogen-bond donors (Lipinski definition) is 1. The first kappa shape index (κ1) is 21.1. The first-order chi connectivity index (χ1) is 14.0. The van der Waals surface area contributed by atoms with Gasteiger partial charge in [0.25, 0.3) is 5.56 Å². The quantitative estimate of drug-likeness (QED) is 0.425. The fraction of sp³-hybridized carbons (Fsp3) is 0.150. The van der Waals surface area contributed by atoms with Crippen molar-refractivity contribution >= 4 is 35.0 Å². The zero-order valence-electron chi connectivity index (χ0n) is 15.5. The van der Waals surface area contributed by atoms with Gasteiger partial charge >= 0.3 is 0 Å². The summed E-state index contributed by atoms with van der Waals surface area (Å²) in [6.45, 7) is 0.260. The second-order valence-electron chi connectivity index (χ2n) is 5.81. The van der Waals surface area contributed by atoms with E-state index in [2.05, 4.69) is 9.97 Å². The number of thioether (sulfide) groups is 1. The minimum absolute atomic E-state index is 0.0608. The third kappa shape index (κ3) is 4.67. The molecule has 1 N–H and O–H groups in total. The van der Waals surface area contributed by atoms with E-state index in [0.29, 0.717) is 32.3 Å². The molecule has 1 heterocycles. The van der Waals surface area contributed by atoms with Crippen LogP contribution >= 0.6 is 35.0 Å². The zero-order valence-corrected chi connectivity index (χ0v) is 17.8. The predicted octanol–water partition coefficient (Wildman–Crippen LogP) is 4.92. The Balaban J connectivity index is 1.93. The number of rotatable bonds is 6. The van der Waals surface area contributed by atoms with Gasteiger partial charge < -0.3 is 14.5 Å². The van der Waals surface area contributed by atoms with E-state index in [0.717, 1.165) is 5.56 Å². The Bertz CT molecular complexity index is 1160. The van der Waals surface area contributed by atoms with Crippen LogP contribution in [0.4, 0.5) is 0 Å². The normalized spacial score (nSPS) is 10.4. The van der Waals surface area contributed by atoms with E-state index in [9.17, 15) is 10.1 Å². The maximum Gasteiger partial charge on any atom is 0.270 e. The SMILES string of the molecule is COc1cc(-c2nc(SC)[nH]c(=O)c2C#N)ccc1OCc1ccc(Cl)c(Cl)c1. The summed E-state index contributed by atoms with van der Waals surface area (Å²) in [6, 6.07) is 12.3. The molecular weight excluding hydrogens is 433 g/mol. The van der Waals surface area contributed by atoms with Gasteiger partial charge in [0.15, 0.2) is 16.7 Å². The number of methoxy groups -OCH3 is 1. The number of aromatic amines is 1. The Morgan fingerprint density at radius 3 is 2.62 bits per heavy atom. The molecule has 1 aromatic heterocycles. The Labute approximate surface area is 181 Å². The molecule has 0 unspecified atom stereocenters. The van der Waals surface area contributed by atoms with Crippen LogP contribution in [-0.2, 0) is 6.61 Å². The number of nitrogens with one attached hydrogen (secondary N) is 1. The first-order valence-electron chi connectivity index (χ1n) is 8.30. The van der Waals surface area contributed by atoms with Crippen molar-refractivity contribution in [2.45, 2.75) is 11.8 Å². The first-order valence-corrected chi connectivity index (χ1v) is 10.3. The second kappa shape index (κ2) is 9.23. The molecule has 0 aliphatic carbocycles. The molecule has 0 spiro atoms. The third-order valence-corrected chi connectivity index (χ3v) is 5.34. The lowest BCUT2D eigenvalue weighted by molar-refractivity contribution is 0.284. The number of hydrogen-bond acceptors (Lipinski definition) is 6. The number of ether oxygens (including phenoxy) is 2. The third-order valence-electron chi connectivity index (χ3n) is 4.02. The number of halogens is 2. The van der Waals surface area contributed by atoms with E-state index in [1.165, 1.54) is 18.9 Å². The highest BCUT2D eigenvalue weighted by atomic mass is 35.5. The van der Waals surface area contributed by atoms with Gasteiger partial charge in [0.05, 0.1) is 22.8 Å². The van der Waals surface area contributed by atoms with E-state index in [1.807, 2.05) is 12.1 Å². The van der Waals surface area contributed by atoms with Crippen molar-refractivity contribution in [3.05, 3.63) is 67.9 Å². The van der Waals surface area contributed by atoms with Crippen molar-refractivity contribution in [3.8, 4) is 28.8 Å². The Morgan fingerprint density at radius 2 is 1.97 bits per heavy atom. The van der Waals surface area contributed by atoms with Gasteiger partial charge in [-0.15, -0.1) is 0 Å². The predicted molar refractivity (Wildman–Crippen MR) is 114 cm³/mol. The van der Waals surface area contributed by atoms with Crippen molar-refractivity contribution in [1.82, 2.24) is 9.97 Å². The topological polar surface area (TPSA) is 88.0 Å². The van der Waals surface area contributed by atoms with Gasteiger partial charge in [-0.2, -0.15) is 5.26 Å². The average molecular weight is 448 g/mol. The molecule has 148 valence electrons. The van der Waals surface area contributed by atoms with Crippen molar-refractivity contribution in [2.24, 2.45) is 0 Å². The van der Waals surface area contributed by atoms with E-state index < -0.39 is 5.56 Å². The number of nitrogens with zero attached hydrogens (tertiary/aromatic N) is 2. The smallest absolute Gasteiger partial charge is 0.270 e. The zero-order chi connectivity index (χ0) is 21.0. The summed E-state index contributed by atoms with van der Waals surface area (Å²) in [7, 11) is 1.51. The second-order valence-corrected chi connectivity index (χ2v) is 7.42. The summed E-state index contributed by atoms with van der Waals surface area (Å²) >= 11 is 13.2. The van der Waals surface area contributed by atoms with Crippen LogP contribution in [0.1, 0.15) is 11.1 Å². The lowest BCUT2D eigenvalue weighted by atomic mass is 10.1. The fourth-order valence-corrected chi connectivity index (χ4v) is 3.28. The van der Waals surface area contributed by atoms with E-state index >= 15 is 0 Å². The Morgan fingerprint density at radius 1 is 1.17 bits per heavy atom. The summed E-state index contributed by atoms with van der Waals surface area (Å²) in [4.78, 5) is 19.1. The average Bonchev–Trinajstić information content (AvgIpc) is 2.73. The van der Waals surface area contributed by atoms with Crippen LogP contribution in [-0.4, -0.2) is 23.3 Å². The molecule has 0 bridgehead atoms. The monoisotopic (exact) mass is 447 g/mol. The summed E-state index contributed by atoms with van der Waals surface area (Å²) in [5, 5.41) is 10.7. The summed E-state index contributed by atoms with van der Waals surface area (Å²) < 4.78 is 11.3. The standard InChI is InChI=1S/C20H15Cl2N3O3S/c1-27-17-8-12(18-13(9-23)19(26)25-20(24-18)29-2)4-6-16(17)28-10-11-3-5-14(21)15(22)7-11/h3-8H,10H2,1-2H3,(H,24,25,26). The van der Waals surface area contributed by atoms with Crippen molar-refractivity contribution in [3.63, 3.8) is 0 Å². The number of aromatic nitrogens is 2. The Hall–Kier alpha value is -2.66. The summed E-state index contributed by atoms with van der Waals surface area (Å²) in [5.41, 5.74) is 1.16. The summed E-state index contributed by atoms with van der Waals surface area (Å²) in [6.07, 6.45) is 1.79. The molecule has 2 aromatic carbocycles. The van der Waals surface area contributed by atoms with Crippen molar-refractivity contribution in [1.29, 1.82) is 5.26 Å². The molecule has 0 atom stereocenters. The minimum atomic E-state index is -0.485. The van der Waals surface area contributed by atoms with Crippen LogP contribution in [0.3, 0.4) is 0 Å². The molecule has 0 saturated carbocycles. The van der Waals surface area contributed by atoms with E-state index in [-0.39, 0.29) is 17.9 Å². The fourth-order valence-electron chi connectivity index (χ4n) is 2.59. The molecule has 3 aromatic rings. The number of H-pyrrole nitrogens is 1. The van der Waals surface area contributed by atoms with Gasteiger partial charge in [-0.3, -0.25) is 4.79 Å². The van der Waals surface area contributed by atoms with Gasteiger partial charge in [-0.1, -0.05) is 41.0 Å². The largest absolute Gasteiger partial charge is 0.493 e. The van der Waals surface area contributed by atoms with Crippen LogP contribution in [0.2, 0.25) is 10.0 Å². The van der Waals surface area contributed by atoms with Crippen LogP contribution in [0.25, 0.3) is 11.3 Å². The van der Waals surface area contributed by atoms with Crippen molar-refractivity contribution in [2.75, 3.05) is 13.4 Å². The van der Waals surface area contributed by atoms with Gasteiger partial charge in [0, 0.05) is 5.56 Å². The molecule has 0 saturated heterocycles. The minimum Gasteiger partial charge on any atom is -0.493 e. The van der Waals surface area contributed by atoms with Crippen molar-refractivity contribution < 1.29 is 9.47 Å². The van der Waals surface area contributed by atoms with Gasteiger partial charge in [0.1, 0.15) is 18.2 Å². The van der Waals surface area contributed by atoms with Gasteiger partial charge in [-0.05, 0) is 42.2 Å². The maximum atomic E-state index is 12.1. The van der Waals surface area contributed by atoms with Crippen LogP contribution < -0.4 is 15.0 Å². The lowest BCUT2D eigenvalue weighted by Gasteiger charge is -2.13. The molecule has 0 aliphatic heterocycles. The number of benzene rings is 2. The summed E-state index contributed by atoms with van der Waals surface area (Å²) in [5.74, 6) is 0.940. The van der Waals surface area contributed by atoms with Crippen LogP contribution in [0, 0.1) is 11.3 Å². The van der Waals surface area contributed by atoms with E-state index in [4.69, 9.17) is 32.7 Å². The molecule has 0 amide bonds. The van der Waals surface area contributed by atoms with Crippen LogP contribution in [0.15, 0.2) is 46.3 Å². The highest BCUT2D eigenvalue weighted by molar-refractivity contribution is 7.98. The molecule has 29 heavy (non-hydrogen) atoms. The molecule has 0 aliphatic rings. The molecule has 0 fully saturated rings. The maximum absolute atomic E-state index is 12.1. The number of nitriles is 1. The van der Waals surface area contributed by atoms with Crippen LogP contribution in [0.5, 0.6) is 11.5 Å². The van der Waals surface area contributed by atoms with E-state index in [1.54, 1.807) is 36.6 Å². The highest BCUT2D eigenvalue weighted by Gasteiger charge is 2.16. The van der Waals surface area contributed by atoms with Gasteiger partial charge in [0.2, 0.25) is 0 Å². The molecule has 6 nitrogen and oxygen atoms in total. The Kier molecular flexibility index (Phi) is 6.70. The molecule has 3 rings (SSSR count). The lowest BCUT2D eigenvalue weighted by Crippen LogP contribution is -2.14. The molecule has 0 radical (unpaired) electrons. The highest BCUT2D eigenvalue weighted by Crippen LogP contribution is 2.33.